The van der Waals surface area contributed by atoms with Gasteiger partial charge in [0.2, 0.25) is 0 Å². The number of benzene rings is 1. The molecule has 1 fully saturated rings. The number of aryl methyl sites for hydroxylation is 1. The lowest BCUT2D eigenvalue weighted by molar-refractivity contribution is -0.137. The molecule has 0 saturated heterocycles. The van der Waals surface area contributed by atoms with Crippen LogP contribution >= 0.6 is 0 Å². The van der Waals surface area contributed by atoms with Crippen LogP contribution < -0.4 is 16.4 Å². The average molecular weight is 497 g/mol. The lowest BCUT2D eigenvalue weighted by Gasteiger charge is -2.25. The van der Waals surface area contributed by atoms with E-state index in [9.17, 15) is 18.0 Å². The summed E-state index contributed by atoms with van der Waals surface area (Å²) in [5.41, 5.74) is 8.91. The predicted octanol–water partition coefficient (Wildman–Crippen LogP) is 6.13. The molecule has 2 aromatic heterocycles. The summed E-state index contributed by atoms with van der Waals surface area (Å²) in [5, 5.41) is 10.1. The Labute approximate surface area is 206 Å². The van der Waals surface area contributed by atoms with Crippen LogP contribution in [0, 0.1) is 0 Å². The highest BCUT2D eigenvalue weighted by molar-refractivity contribution is 5.99. The van der Waals surface area contributed by atoms with Crippen molar-refractivity contribution in [2.45, 2.75) is 38.3 Å². The van der Waals surface area contributed by atoms with E-state index in [0.717, 1.165) is 36.2 Å². The molecule has 1 aliphatic carbocycles. The first-order valence-corrected chi connectivity index (χ1v) is 11.5. The first-order chi connectivity index (χ1) is 17.1. The minimum absolute atomic E-state index is 0.0286. The van der Waals surface area contributed by atoms with Crippen molar-refractivity contribution in [1.82, 2.24) is 20.1 Å². The van der Waals surface area contributed by atoms with Gasteiger partial charge in [-0.05, 0) is 61.2 Å². The number of hydrogen-bond acceptors (Lipinski definition) is 4. The molecule has 1 aromatic carbocycles. The maximum absolute atomic E-state index is 12.9. The van der Waals surface area contributed by atoms with Crippen LogP contribution in [0.2, 0.25) is 0 Å². The smallest absolute Gasteiger partial charge is 0.382 e. The van der Waals surface area contributed by atoms with Gasteiger partial charge in [-0.15, -0.1) is 0 Å². The number of rotatable bonds is 6. The zero-order valence-corrected chi connectivity index (χ0v) is 20.0. The first kappa shape index (κ1) is 25.0. The normalized spacial score (nSPS) is 14.8. The summed E-state index contributed by atoms with van der Waals surface area (Å²) in [6.07, 6.45) is 3.91. The molecule has 7 nitrogen and oxygen atoms in total. The zero-order valence-electron chi connectivity index (χ0n) is 20.0. The molecule has 2 amide bonds. The largest absolute Gasteiger partial charge is 0.416 e. The summed E-state index contributed by atoms with van der Waals surface area (Å²) in [6.45, 7) is 5.91. The Hall–Kier alpha value is -4.08. The van der Waals surface area contributed by atoms with Gasteiger partial charge in [0, 0.05) is 30.0 Å². The molecule has 0 radical (unpaired) electrons. The van der Waals surface area contributed by atoms with Crippen LogP contribution in [0.25, 0.3) is 16.6 Å². The summed E-state index contributed by atoms with van der Waals surface area (Å²) in [4.78, 5) is 17.2. The Bertz CT molecular complexity index is 1380. The lowest BCUT2D eigenvalue weighted by atomic mass is 9.82. The number of nitrogens with zero attached hydrogens (tertiary/aromatic N) is 3. The Morgan fingerprint density at radius 1 is 1.25 bits per heavy atom. The third kappa shape index (κ3) is 5.27. The highest BCUT2D eigenvalue weighted by Gasteiger charge is 2.30. The number of nitrogens with one attached hydrogen (secondary N) is 2. The number of anilines is 2. The number of nitrogens with two attached hydrogens (primary N) is 1. The van der Waals surface area contributed by atoms with Crippen molar-refractivity contribution in [3.05, 3.63) is 77.7 Å². The Morgan fingerprint density at radius 3 is 2.64 bits per heavy atom. The lowest BCUT2D eigenvalue weighted by Crippen LogP contribution is -2.27. The van der Waals surface area contributed by atoms with Gasteiger partial charge in [-0.25, -0.2) is 14.5 Å². The van der Waals surface area contributed by atoms with Crippen LogP contribution in [-0.4, -0.2) is 20.8 Å². The Balaban J connectivity index is 1.51. The van der Waals surface area contributed by atoms with E-state index in [1.807, 2.05) is 6.07 Å². The van der Waals surface area contributed by atoms with E-state index in [1.54, 1.807) is 36.9 Å². The van der Waals surface area contributed by atoms with Gasteiger partial charge >= 0.3 is 12.2 Å². The van der Waals surface area contributed by atoms with Crippen molar-refractivity contribution >= 4 is 34.1 Å². The molecule has 4 N–H and O–H groups in total. The summed E-state index contributed by atoms with van der Waals surface area (Å²) >= 11 is 0. The monoisotopic (exact) mass is 496 g/mol. The second-order valence-corrected chi connectivity index (χ2v) is 8.69. The molecule has 1 aliphatic rings. The van der Waals surface area contributed by atoms with E-state index in [0.29, 0.717) is 34.0 Å². The van der Waals surface area contributed by atoms with Crippen LogP contribution in [0.1, 0.15) is 48.9 Å². The third-order valence-electron chi connectivity index (χ3n) is 6.19. The van der Waals surface area contributed by atoms with Crippen LogP contribution in [0.3, 0.4) is 0 Å². The van der Waals surface area contributed by atoms with Gasteiger partial charge < -0.3 is 16.4 Å². The minimum Gasteiger partial charge on any atom is -0.382 e. The summed E-state index contributed by atoms with van der Waals surface area (Å²) < 4.78 is 40.4. The average Bonchev–Trinajstić information content (AvgIpc) is 3.07. The molecule has 0 unspecified atom stereocenters. The van der Waals surface area contributed by atoms with Crippen molar-refractivity contribution in [1.29, 1.82) is 0 Å². The van der Waals surface area contributed by atoms with E-state index >= 15 is 0 Å². The number of halogens is 3. The highest BCUT2D eigenvalue weighted by atomic mass is 19.4. The van der Waals surface area contributed by atoms with Gasteiger partial charge in [0.1, 0.15) is 0 Å². The van der Waals surface area contributed by atoms with Gasteiger partial charge in [-0.2, -0.15) is 18.3 Å². The van der Waals surface area contributed by atoms with E-state index in [4.69, 9.17) is 10.7 Å². The number of hydrogen-bond donors (Lipinski definition) is 3. The van der Waals surface area contributed by atoms with E-state index in [1.165, 1.54) is 18.6 Å². The molecule has 0 bridgehead atoms. The van der Waals surface area contributed by atoms with E-state index < -0.39 is 17.8 Å². The molecule has 36 heavy (non-hydrogen) atoms. The summed E-state index contributed by atoms with van der Waals surface area (Å²) in [5.74, 6) is 0.753. The molecule has 10 heteroatoms. The van der Waals surface area contributed by atoms with Crippen molar-refractivity contribution in [3.63, 3.8) is 0 Å². The van der Waals surface area contributed by atoms with Gasteiger partial charge in [0.25, 0.3) is 0 Å². The van der Waals surface area contributed by atoms with Crippen molar-refractivity contribution in [3.8, 4) is 0 Å². The van der Waals surface area contributed by atoms with Crippen molar-refractivity contribution < 1.29 is 18.0 Å². The van der Waals surface area contributed by atoms with E-state index in [-0.39, 0.29) is 5.69 Å². The quantitative estimate of drug-likeness (QED) is 0.358. The number of carbonyl (C=O) groups is 1. The molecule has 4 rings (SSSR count). The highest BCUT2D eigenvalue weighted by Crippen LogP contribution is 2.39. The number of pyridine rings is 1. The van der Waals surface area contributed by atoms with Crippen LogP contribution in [0.5, 0.6) is 0 Å². The van der Waals surface area contributed by atoms with Gasteiger partial charge in [0.05, 0.1) is 10.9 Å². The molecule has 0 aliphatic heterocycles. The van der Waals surface area contributed by atoms with Gasteiger partial charge in [-0.3, -0.25) is 0 Å². The van der Waals surface area contributed by atoms with Gasteiger partial charge in [0.15, 0.2) is 11.5 Å². The second-order valence-electron chi connectivity index (χ2n) is 8.69. The molecular weight excluding hydrogens is 469 g/mol. The molecule has 3 aromatic rings. The SMILES string of the molecule is C=C(/C=C\C(=C/C)NC(=O)Nc1cccc(C(F)(F)F)c1)c1cc(C2CCC2)nc2c1c(N)nn2C. The maximum atomic E-state index is 12.9. The fourth-order valence-corrected chi connectivity index (χ4v) is 4.02. The molecule has 2 heterocycles. The number of amides is 2. The molecular formula is C26H27F3N6O. The number of nitrogen functional groups attached to an aromatic ring is 1. The minimum atomic E-state index is -4.50. The fourth-order valence-electron chi connectivity index (χ4n) is 4.02. The van der Waals surface area contributed by atoms with E-state index in [2.05, 4.69) is 22.3 Å². The number of urea groups is 1. The molecule has 188 valence electrons. The molecule has 0 atom stereocenters. The molecule has 0 spiro atoms. The third-order valence-corrected chi connectivity index (χ3v) is 6.19. The fraction of sp³-hybridized carbons (Fsp3) is 0.269. The maximum Gasteiger partial charge on any atom is 0.416 e. The standard InChI is InChI=1S/C26H27F3N6O/c1-4-18(31-25(36)32-19-10-6-9-17(13-19)26(27,28)29)12-11-15(2)20-14-21(16-7-5-8-16)33-24-22(20)23(30)34-35(24)3/h4,6,9-14,16H,2,5,7-8H2,1,3H3,(H2,30,34)(H2,31,32,36)/b12-11-,18-4+. The van der Waals surface area contributed by atoms with Crippen LogP contribution in [-0.2, 0) is 13.2 Å². The van der Waals surface area contributed by atoms with Crippen LogP contribution in [0.15, 0.2) is 60.8 Å². The predicted molar refractivity (Wildman–Crippen MR) is 135 cm³/mol. The number of fused-ring (bicyclic) bond motifs is 1. The summed E-state index contributed by atoms with van der Waals surface area (Å²) in [6, 6.07) is 5.76. The van der Waals surface area contributed by atoms with Gasteiger partial charge in [-0.1, -0.05) is 31.2 Å². The Kier molecular flexibility index (Phi) is 6.87. The number of alkyl halides is 3. The summed E-state index contributed by atoms with van der Waals surface area (Å²) in [7, 11) is 1.80. The van der Waals surface area contributed by atoms with Crippen LogP contribution in [0.4, 0.5) is 29.5 Å². The van der Waals surface area contributed by atoms with Crippen molar-refractivity contribution in [2.24, 2.45) is 7.05 Å². The second kappa shape index (κ2) is 9.88. The number of carbonyl (C=O) groups excluding carboxylic acids is 1. The van der Waals surface area contributed by atoms with Crippen molar-refractivity contribution in [2.75, 3.05) is 11.1 Å². The number of allylic oxidation sites excluding steroid dienone is 4. The Morgan fingerprint density at radius 2 is 2.00 bits per heavy atom. The molecule has 1 saturated carbocycles. The number of aromatic nitrogens is 3. The topological polar surface area (TPSA) is 97.9 Å². The first-order valence-electron chi connectivity index (χ1n) is 11.5. The zero-order chi connectivity index (χ0) is 26.0.